The second kappa shape index (κ2) is 6.25. The summed E-state index contributed by atoms with van der Waals surface area (Å²) in [4.78, 5) is 18.5. The SMILES string of the molecule is CN(C)C(=O)N1CC2(CCN(C3CCOC3)CC2)c2cc(F)ccc21. The lowest BCUT2D eigenvalue weighted by molar-refractivity contribution is 0.101. The van der Waals surface area contributed by atoms with E-state index in [2.05, 4.69) is 4.90 Å². The van der Waals surface area contributed by atoms with Crippen LogP contribution in [0.3, 0.4) is 0 Å². The molecule has 1 aromatic rings. The van der Waals surface area contributed by atoms with Crippen molar-refractivity contribution in [2.45, 2.75) is 30.7 Å². The fraction of sp³-hybridized carbons (Fsp3) is 0.632. The maximum Gasteiger partial charge on any atom is 0.323 e. The number of anilines is 1. The van der Waals surface area contributed by atoms with E-state index in [0.29, 0.717) is 12.6 Å². The Morgan fingerprint density at radius 3 is 2.72 bits per heavy atom. The Morgan fingerprint density at radius 1 is 1.32 bits per heavy atom. The third-order valence-electron chi connectivity index (χ3n) is 6.07. The maximum absolute atomic E-state index is 14.0. The Labute approximate surface area is 148 Å². The number of halogens is 1. The number of carbonyl (C=O) groups is 1. The smallest absolute Gasteiger partial charge is 0.323 e. The molecular formula is C19H26FN3O2. The van der Waals surface area contributed by atoms with Crippen molar-refractivity contribution >= 4 is 11.7 Å². The first-order chi connectivity index (χ1) is 12.0. The molecule has 0 N–H and O–H groups in total. The minimum atomic E-state index is -0.219. The molecule has 6 heteroatoms. The van der Waals surface area contributed by atoms with Crippen LogP contribution in [0.5, 0.6) is 0 Å². The third-order valence-corrected chi connectivity index (χ3v) is 6.07. The van der Waals surface area contributed by atoms with Gasteiger partial charge in [-0.3, -0.25) is 9.80 Å². The average molecular weight is 347 g/mol. The molecular weight excluding hydrogens is 321 g/mol. The summed E-state index contributed by atoms with van der Waals surface area (Å²) in [6.07, 6.45) is 3.01. The maximum atomic E-state index is 14.0. The van der Waals surface area contributed by atoms with Crippen molar-refractivity contribution in [3.05, 3.63) is 29.6 Å². The van der Waals surface area contributed by atoms with Crippen molar-refractivity contribution in [1.82, 2.24) is 9.80 Å². The quantitative estimate of drug-likeness (QED) is 0.783. The Morgan fingerprint density at radius 2 is 2.08 bits per heavy atom. The van der Waals surface area contributed by atoms with Gasteiger partial charge >= 0.3 is 6.03 Å². The summed E-state index contributed by atoms with van der Waals surface area (Å²) >= 11 is 0. The predicted octanol–water partition coefficient (Wildman–Crippen LogP) is 2.45. The summed E-state index contributed by atoms with van der Waals surface area (Å²) in [6.45, 7) is 4.29. The Balaban J connectivity index is 1.60. The Kier molecular flexibility index (Phi) is 4.20. The van der Waals surface area contributed by atoms with Gasteiger partial charge in [-0.25, -0.2) is 9.18 Å². The van der Waals surface area contributed by atoms with Gasteiger partial charge in [0, 0.05) is 44.4 Å². The van der Waals surface area contributed by atoms with Crippen LogP contribution in [-0.2, 0) is 10.2 Å². The molecule has 3 aliphatic heterocycles. The van der Waals surface area contributed by atoms with Crippen LogP contribution >= 0.6 is 0 Å². The van der Waals surface area contributed by atoms with Crippen LogP contribution in [0.2, 0.25) is 0 Å². The Hall–Kier alpha value is -1.66. The topological polar surface area (TPSA) is 36.0 Å². The van der Waals surface area contributed by atoms with Crippen molar-refractivity contribution in [3.8, 4) is 0 Å². The van der Waals surface area contributed by atoms with Gasteiger partial charge < -0.3 is 9.64 Å². The third kappa shape index (κ3) is 2.81. The number of fused-ring (bicyclic) bond motifs is 2. The normalized spacial score (nSPS) is 25.4. The summed E-state index contributed by atoms with van der Waals surface area (Å²) in [5.41, 5.74) is 1.75. The fourth-order valence-corrected chi connectivity index (χ4v) is 4.61. The summed E-state index contributed by atoms with van der Waals surface area (Å²) in [5, 5.41) is 0. The van der Waals surface area contributed by atoms with Crippen LogP contribution in [0.4, 0.5) is 14.9 Å². The molecule has 2 saturated heterocycles. The van der Waals surface area contributed by atoms with Gasteiger partial charge in [0.2, 0.25) is 0 Å². The van der Waals surface area contributed by atoms with Crippen LogP contribution in [0.15, 0.2) is 18.2 Å². The van der Waals surface area contributed by atoms with E-state index in [1.54, 1.807) is 31.1 Å². The molecule has 2 amide bonds. The van der Waals surface area contributed by atoms with E-state index in [1.807, 2.05) is 4.90 Å². The zero-order valence-electron chi connectivity index (χ0n) is 15.0. The molecule has 4 rings (SSSR count). The average Bonchev–Trinajstić information content (AvgIpc) is 3.23. The van der Waals surface area contributed by atoms with Crippen LogP contribution in [0.1, 0.15) is 24.8 Å². The number of piperidine rings is 1. The molecule has 3 heterocycles. The molecule has 1 spiro atoms. The number of likely N-dealkylation sites (tertiary alicyclic amines) is 1. The zero-order valence-corrected chi connectivity index (χ0v) is 15.0. The van der Waals surface area contributed by atoms with Gasteiger partial charge in [-0.15, -0.1) is 0 Å². The molecule has 1 unspecified atom stereocenters. The van der Waals surface area contributed by atoms with E-state index in [0.717, 1.165) is 56.8 Å². The van der Waals surface area contributed by atoms with Gasteiger partial charge in [0.15, 0.2) is 0 Å². The molecule has 0 radical (unpaired) electrons. The van der Waals surface area contributed by atoms with Crippen molar-refractivity contribution in [2.24, 2.45) is 0 Å². The Bertz CT molecular complexity index is 665. The number of nitrogens with zero attached hydrogens (tertiary/aromatic N) is 3. The standard InChI is InChI=1S/C19H26FN3O2/c1-21(2)18(24)23-13-19(16-11-14(20)3-4-17(16)23)6-8-22(9-7-19)15-5-10-25-12-15/h3-4,11,15H,5-10,12-13H2,1-2H3. The first kappa shape index (κ1) is 16.8. The molecule has 5 nitrogen and oxygen atoms in total. The van der Waals surface area contributed by atoms with Gasteiger partial charge in [-0.1, -0.05) is 0 Å². The van der Waals surface area contributed by atoms with Gasteiger partial charge in [-0.05, 0) is 56.1 Å². The number of urea groups is 1. The predicted molar refractivity (Wildman–Crippen MR) is 94.5 cm³/mol. The summed E-state index contributed by atoms with van der Waals surface area (Å²) in [7, 11) is 3.53. The molecule has 3 aliphatic rings. The van der Waals surface area contributed by atoms with Crippen LogP contribution in [0.25, 0.3) is 0 Å². The number of hydrogen-bond donors (Lipinski definition) is 0. The second-order valence-corrected chi connectivity index (χ2v) is 7.76. The van der Waals surface area contributed by atoms with Crippen molar-refractivity contribution in [1.29, 1.82) is 0 Å². The van der Waals surface area contributed by atoms with Gasteiger partial charge in [0.25, 0.3) is 0 Å². The molecule has 0 saturated carbocycles. The van der Waals surface area contributed by atoms with Crippen molar-refractivity contribution in [2.75, 3.05) is 51.8 Å². The number of benzene rings is 1. The minimum absolute atomic E-state index is 0.0312. The number of carbonyl (C=O) groups excluding carboxylic acids is 1. The van der Waals surface area contributed by atoms with E-state index in [-0.39, 0.29) is 17.3 Å². The van der Waals surface area contributed by atoms with Gasteiger partial charge in [0.1, 0.15) is 5.82 Å². The molecule has 136 valence electrons. The highest BCUT2D eigenvalue weighted by Gasteiger charge is 2.47. The lowest BCUT2D eigenvalue weighted by Crippen LogP contribution is -2.50. The van der Waals surface area contributed by atoms with E-state index >= 15 is 0 Å². The molecule has 1 aromatic carbocycles. The molecule has 0 bridgehead atoms. The number of hydrogen-bond acceptors (Lipinski definition) is 3. The summed E-state index contributed by atoms with van der Waals surface area (Å²) in [5.74, 6) is -0.219. The zero-order chi connectivity index (χ0) is 17.6. The first-order valence-electron chi connectivity index (χ1n) is 9.11. The molecule has 1 atom stereocenters. The van der Waals surface area contributed by atoms with E-state index in [1.165, 1.54) is 6.07 Å². The largest absolute Gasteiger partial charge is 0.380 e. The van der Waals surface area contributed by atoms with Gasteiger partial charge in [0.05, 0.1) is 6.61 Å². The van der Waals surface area contributed by atoms with E-state index in [9.17, 15) is 9.18 Å². The second-order valence-electron chi connectivity index (χ2n) is 7.76. The fourth-order valence-electron chi connectivity index (χ4n) is 4.61. The van der Waals surface area contributed by atoms with Crippen LogP contribution in [0, 0.1) is 5.82 Å². The lowest BCUT2D eigenvalue weighted by Gasteiger charge is -2.42. The highest BCUT2D eigenvalue weighted by Crippen LogP contribution is 2.47. The molecule has 25 heavy (non-hydrogen) atoms. The number of amides is 2. The minimum Gasteiger partial charge on any atom is -0.380 e. The van der Waals surface area contributed by atoms with E-state index < -0.39 is 0 Å². The lowest BCUT2D eigenvalue weighted by atomic mass is 9.74. The number of ether oxygens (including phenoxy) is 1. The van der Waals surface area contributed by atoms with Gasteiger partial charge in [-0.2, -0.15) is 0 Å². The molecule has 0 aromatic heterocycles. The number of rotatable bonds is 1. The van der Waals surface area contributed by atoms with Crippen LogP contribution in [-0.4, -0.2) is 68.8 Å². The highest BCUT2D eigenvalue weighted by molar-refractivity contribution is 5.95. The molecule has 2 fully saturated rings. The van der Waals surface area contributed by atoms with Crippen molar-refractivity contribution in [3.63, 3.8) is 0 Å². The molecule has 0 aliphatic carbocycles. The van der Waals surface area contributed by atoms with Crippen LogP contribution < -0.4 is 4.90 Å². The summed E-state index contributed by atoms with van der Waals surface area (Å²) < 4.78 is 19.5. The van der Waals surface area contributed by atoms with E-state index in [4.69, 9.17) is 4.74 Å². The monoisotopic (exact) mass is 347 g/mol. The summed E-state index contributed by atoms with van der Waals surface area (Å²) in [6, 6.07) is 5.35. The van der Waals surface area contributed by atoms with Crippen molar-refractivity contribution < 1.29 is 13.9 Å². The highest BCUT2D eigenvalue weighted by atomic mass is 19.1. The first-order valence-corrected chi connectivity index (χ1v) is 9.11.